The van der Waals surface area contributed by atoms with Gasteiger partial charge in [0.1, 0.15) is 36.3 Å². The van der Waals surface area contributed by atoms with Crippen molar-refractivity contribution in [1.29, 1.82) is 5.26 Å². The summed E-state index contributed by atoms with van der Waals surface area (Å²) in [6, 6.07) is 20.4. The zero-order valence-corrected chi connectivity index (χ0v) is 42.3. The van der Waals surface area contributed by atoms with Gasteiger partial charge in [-0.3, -0.25) is 19.2 Å². The van der Waals surface area contributed by atoms with E-state index in [1.165, 1.54) is 4.90 Å². The van der Waals surface area contributed by atoms with Crippen LogP contribution < -0.4 is 20.1 Å². The quantitative estimate of drug-likeness (QED) is 0.0724. The Morgan fingerprint density at radius 3 is 2.29 bits per heavy atom. The zero-order chi connectivity index (χ0) is 49.6. The van der Waals surface area contributed by atoms with Gasteiger partial charge < -0.3 is 34.9 Å². The van der Waals surface area contributed by atoms with Gasteiger partial charge in [0.15, 0.2) is 5.78 Å². The van der Waals surface area contributed by atoms with Gasteiger partial charge in [0, 0.05) is 54.5 Å². The maximum Gasteiger partial charge on any atom is 0.251 e. The number of thiazole rings is 1. The highest BCUT2D eigenvalue weighted by molar-refractivity contribution is 7.13. The highest BCUT2D eigenvalue weighted by Crippen LogP contribution is 2.55. The molecule has 3 amide bonds. The molecule has 1 aromatic heterocycles. The molecule has 0 spiro atoms. The van der Waals surface area contributed by atoms with Crippen LogP contribution in [0.25, 0.3) is 10.4 Å². The van der Waals surface area contributed by atoms with E-state index in [1.54, 1.807) is 53.8 Å². The number of unbranched alkanes of at least 4 members (excludes halogenated alkanes) is 1. The third-order valence-corrected chi connectivity index (χ3v) is 14.5. The third-order valence-electron chi connectivity index (χ3n) is 13.2. The van der Waals surface area contributed by atoms with Crippen molar-refractivity contribution in [3.05, 3.63) is 99.6 Å². The number of β-amino-alcohol motifs (C(OH)–C–C–N with tert-alkyl or cyclic N) is 1. The number of Topliss-reactive ketones (excluding diaryl/α,β-unsaturated/α-hetero) is 1. The average molecular weight is 969 g/mol. The number of benzene rings is 3. The first-order chi connectivity index (χ1) is 32.1. The van der Waals surface area contributed by atoms with Crippen LogP contribution in [0.1, 0.15) is 115 Å². The second-order valence-electron chi connectivity index (χ2n) is 20.5. The van der Waals surface area contributed by atoms with Gasteiger partial charge in [-0.25, -0.2) is 4.98 Å². The van der Waals surface area contributed by atoms with Crippen molar-refractivity contribution in [3.8, 4) is 28.0 Å². The Kier molecular flexibility index (Phi) is 16.8. The summed E-state index contributed by atoms with van der Waals surface area (Å²) in [5.41, 5.74) is 4.32. The van der Waals surface area contributed by atoms with Gasteiger partial charge in [-0.15, -0.1) is 11.3 Å². The van der Waals surface area contributed by atoms with Gasteiger partial charge in [0.2, 0.25) is 11.8 Å². The molecule has 0 bridgehead atoms. The number of aryl methyl sites for hydroxylation is 2. The number of nitriles is 1. The molecule has 1 aliphatic carbocycles. The second kappa shape index (κ2) is 22.0. The predicted octanol–water partition coefficient (Wildman–Crippen LogP) is 8.90. The molecule has 1 saturated carbocycles. The summed E-state index contributed by atoms with van der Waals surface area (Å²) in [7, 11) is 0. The van der Waals surface area contributed by atoms with Crippen LogP contribution >= 0.6 is 22.9 Å². The Bertz CT molecular complexity index is 2440. The zero-order valence-electron chi connectivity index (χ0n) is 40.7. The fourth-order valence-electron chi connectivity index (χ4n) is 9.80. The first-order valence-electron chi connectivity index (χ1n) is 23.4. The Morgan fingerprint density at radius 1 is 1.00 bits per heavy atom. The molecule has 6 rings (SSSR count). The maximum absolute atomic E-state index is 14.0. The molecule has 2 fully saturated rings. The monoisotopic (exact) mass is 967 g/mol. The number of likely N-dealkylation sites (tertiary alicyclic amines) is 1. The van der Waals surface area contributed by atoms with E-state index in [0.717, 1.165) is 34.5 Å². The standard InChI is InChI=1S/C53H66ClN5O8S/c1-32(66-39-21-18-36(19-22-39)47(63)58-49-52(6,7)50(53(49,8)9)67-40-23-20-37(28-55)41(54)27-40)12-10-11-25-65-30-44(62)57-46(51(3,4)5)48(64)59-29-38(60)26-42(59)43(61)24-15-34-13-16-35(17-14-34)45-33(2)56-31-68-45/h13-14,16-23,27,31-32,38,42,46,49-50,60H,10-12,15,24-26,29-30H2,1-9H3,(H,57,62)(H,58,63)/t32-,38+,42-,46+,49?,50?/m0/s1. The number of aliphatic hydroxyl groups is 1. The number of aliphatic hydroxyl groups excluding tert-OH is 1. The number of ether oxygens (including phenoxy) is 3. The van der Waals surface area contributed by atoms with Crippen LogP contribution in [0.15, 0.2) is 72.2 Å². The van der Waals surface area contributed by atoms with E-state index in [4.69, 9.17) is 25.8 Å². The molecular weight excluding hydrogens is 902 g/mol. The summed E-state index contributed by atoms with van der Waals surface area (Å²) in [5.74, 6) is 0.0769. The van der Waals surface area contributed by atoms with Crippen molar-refractivity contribution in [2.24, 2.45) is 16.2 Å². The molecule has 15 heteroatoms. The number of hydrogen-bond donors (Lipinski definition) is 3. The molecule has 0 unspecified atom stereocenters. The Balaban J connectivity index is 0.893. The number of rotatable bonds is 20. The van der Waals surface area contributed by atoms with Gasteiger partial charge in [0.05, 0.1) is 44.9 Å². The number of amides is 3. The Labute approximate surface area is 409 Å². The van der Waals surface area contributed by atoms with Crippen LogP contribution in [0.3, 0.4) is 0 Å². The van der Waals surface area contributed by atoms with Crippen LogP contribution in [0.2, 0.25) is 5.02 Å². The number of nitrogens with zero attached hydrogens (tertiary/aromatic N) is 3. The lowest BCUT2D eigenvalue weighted by atomic mass is 9.49. The van der Waals surface area contributed by atoms with Gasteiger partial charge in [-0.05, 0) is 92.5 Å². The molecule has 4 aromatic rings. The number of aromatic nitrogens is 1. The number of ketones is 1. The van der Waals surface area contributed by atoms with E-state index >= 15 is 0 Å². The van der Waals surface area contributed by atoms with E-state index in [9.17, 15) is 29.5 Å². The molecule has 2 heterocycles. The van der Waals surface area contributed by atoms with E-state index in [2.05, 4.69) is 49.4 Å². The number of nitrogens with one attached hydrogen (secondary N) is 2. The third kappa shape index (κ3) is 12.5. The molecular formula is C53H66ClN5O8S. The topological polar surface area (TPSA) is 180 Å². The van der Waals surface area contributed by atoms with E-state index in [1.807, 2.05) is 64.4 Å². The number of hydrogen-bond acceptors (Lipinski definition) is 11. The fraction of sp³-hybridized carbons (Fsp3) is 0.509. The highest BCUT2D eigenvalue weighted by Gasteiger charge is 2.64. The van der Waals surface area contributed by atoms with Gasteiger partial charge in [0.25, 0.3) is 5.91 Å². The Hall–Kier alpha value is -5.33. The molecule has 1 saturated heterocycles. The van der Waals surface area contributed by atoms with Crippen molar-refractivity contribution in [1.82, 2.24) is 20.5 Å². The van der Waals surface area contributed by atoms with E-state index in [-0.39, 0.29) is 55.9 Å². The largest absolute Gasteiger partial charge is 0.491 e. The smallest absolute Gasteiger partial charge is 0.251 e. The molecule has 4 atom stereocenters. The summed E-state index contributed by atoms with van der Waals surface area (Å²) in [6.07, 6.45) is 1.94. The van der Waals surface area contributed by atoms with Crippen molar-refractivity contribution in [2.45, 2.75) is 137 Å². The molecule has 3 aromatic carbocycles. The lowest BCUT2D eigenvalue weighted by Crippen LogP contribution is -2.74. The van der Waals surface area contributed by atoms with Crippen molar-refractivity contribution in [2.75, 3.05) is 19.8 Å². The molecule has 2 aliphatic rings. The minimum atomic E-state index is -0.930. The second-order valence-corrected chi connectivity index (χ2v) is 21.8. The first kappa shape index (κ1) is 52.0. The summed E-state index contributed by atoms with van der Waals surface area (Å²) in [6.45, 7) is 17.9. The fourth-order valence-corrected chi connectivity index (χ4v) is 10.8. The van der Waals surface area contributed by atoms with Crippen molar-refractivity contribution >= 4 is 46.4 Å². The van der Waals surface area contributed by atoms with Crippen LogP contribution in [0.5, 0.6) is 11.5 Å². The lowest BCUT2D eigenvalue weighted by Gasteiger charge is -2.63. The molecule has 0 radical (unpaired) electrons. The molecule has 364 valence electrons. The van der Waals surface area contributed by atoms with E-state index in [0.29, 0.717) is 47.1 Å². The summed E-state index contributed by atoms with van der Waals surface area (Å²) in [4.78, 5) is 61.0. The lowest BCUT2D eigenvalue weighted by molar-refractivity contribution is -0.164. The number of halogens is 1. The van der Waals surface area contributed by atoms with Crippen LogP contribution in [-0.4, -0.2) is 94.7 Å². The summed E-state index contributed by atoms with van der Waals surface area (Å²) >= 11 is 7.83. The van der Waals surface area contributed by atoms with Gasteiger partial charge in [-0.2, -0.15) is 5.26 Å². The predicted molar refractivity (Wildman–Crippen MR) is 264 cm³/mol. The molecule has 13 nitrogen and oxygen atoms in total. The van der Waals surface area contributed by atoms with Crippen molar-refractivity contribution in [3.63, 3.8) is 0 Å². The van der Waals surface area contributed by atoms with Gasteiger partial charge in [-0.1, -0.05) is 84.3 Å². The van der Waals surface area contributed by atoms with Crippen LogP contribution in [-0.2, 0) is 25.5 Å². The minimum absolute atomic E-state index is 0.0254. The van der Waals surface area contributed by atoms with E-state index < -0.39 is 46.2 Å². The van der Waals surface area contributed by atoms with Crippen LogP contribution in [0, 0.1) is 34.5 Å². The van der Waals surface area contributed by atoms with Crippen molar-refractivity contribution < 1.29 is 38.5 Å². The number of carbonyl (C=O) groups excluding carboxylic acids is 4. The molecule has 3 N–H and O–H groups in total. The first-order valence-corrected chi connectivity index (χ1v) is 24.7. The highest BCUT2D eigenvalue weighted by atomic mass is 35.5. The Morgan fingerprint density at radius 2 is 1.68 bits per heavy atom. The summed E-state index contributed by atoms with van der Waals surface area (Å²) < 4.78 is 18.2. The van der Waals surface area contributed by atoms with Gasteiger partial charge >= 0.3 is 0 Å². The molecule has 1 aliphatic heterocycles. The summed E-state index contributed by atoms with van der Waals surface area (Å²) in [5, 5.41) is 26.2. The normalized spacial score (nSPS) is 20.4. The van der Waals surface area contributed by atoms with Crippen LogP contribution in [0.4, 0.5) is 0 Å². The SMILES string of the molecule is Cc1ncsc1-c1ccc(CCC(=O)[C@@H]2C[C@@H](O)CN2C(=O)[C@@H](NC(=O)COCCCC[C@H](C)Oc2ccc(C(=O)NC3C(C)(C)C(Oc4ccc(C#N)c(Cl)c4)C3(C)C)cc2)C(C)(C)C)cc1. The molecule has 68 heavy (non-hydrogen) atoms. The maximum atomic E-state index is 14.0. The minimum Gasteiger partial charge on any atom is -0.491 e. The number of carbonyl (C=O) groups is 4. The average Bonchev–Trinajstić information content (AvgIpc) is 3.91.